The number of phenols is 1. The van der Waals surface area contributed by atoms with Gasteiger partial charge in [-0.15, -0.1) is 0 Å². The second-order valence-electron chi connectivity index (χ2n) is 6.67. The maximum atomic E-state index is 12.4. The summed E-state index contributed by atoms with van der Waals surface area (Å²) in [6.45, 7) is 0.145. The van der Waals surface area contributed by atoms with Crippen LogP contribution < -0.4 is 5.32 Å². The molecule has 0 bridgehead atoms. The third kappa shape index (κ3) is 3.52. The van der Waals surface area contributed by atoms with E-state index < -0.39 is 12.1 Å². The van der Waals surface area contributed by atoms with Crippen LogP contribution in [0.1, 0.15) is 27.4 Å². The lowest BCUT2D eigenvalue weighted by molar-refractivity contribution is 0.0602. The Morgan fingerprint density at radius 1 is 0.966 bits per heavy atom. The van der Waals surface area contributed by atoms with Crippen LogP contribution in [0.5, 0.6) is 5.75 Å². The fourth-order valence-corrected chi connectivity index (χ4v) is 3.67. The van der Waals surface area contributed by atoms with E-state index in [1.54, 1.807) is 0 Å². The summed E-state index contributed by atoms with van der Waals surface area (Å²) in [6.07, 6.45) is -0.720. The molecule has 0 atom stereocenters. The molecule has 6 heteroatoms. The van der Waals surface area contributed by atoms with Gasteiger partial charge in [-0.2, -0.15) is 0 Å². The summed E-state index contributed by atoms with van der Waals surface area (Å²) in [5, 5.41) is 12.2. The third-order valence-electron chi connectivity index (χ3n) is 4.99. The number of carbonyl (C=O) groups excluding carboxylic acids is 2. The van der Waals surface area contributed by atoms with Crippen molar-refractivity contribution < 1.29 is 24.2 Å². The number of nitrogens with one attached hydrogen (secondary N) is 1. The number of carbonyl (C=O) groups is 2. The van der Waals surface area contributed by atoms with Crippen molar-refractivity contribution in [3.8, 4) is 16.9 Å². The van der Waals surface area contributed by atoms with Gasteiger partial charge in [0.25, 0.3) is 0 Å². The topological polar surface area (TPSA) is 84.9 Å². The maximum absolute atomic E-state index is 12.4. The average molecular weight is 389 g/mol. The van der Waals surface area contributed by atoms with Gasteiger partial charge >= 0.3 is 12.1 Å². The molecular weight excluding hydrogens is 370 g/mol. The first-order valence-corrected chi connectivity index (χ1v) is 9.12. The van der Waals surface area contributed by atoms with Gasteiger partial charge in [-0.1, -0.05) is 48.5 Å². The lowest BCUT2D eigenvalue weighted by Crippen LogP contribution is -2.19. The fourth-order valence-electron chi connectivity index (χ4n) is 3.67. The van der Waals surface area contributed by atoms with Crippen LogP contribution in [0.2, 0.25) is 0 Å². The molecule has 1 aliphatic carbocycles. The molecule has 0 heterocycles. The highest BCUT2D eigenvalue weighted by Crippen LogP contribution is 2.44. The van der Waals surface area contributed by atoms with Gasteiger partial charge in [0.15, 0.2) is 0 Å². The number of fused-ring (bicyclic) bond motifs is 3. The standard InChI is InChI=1S/C23H19NO5/c1-28-22(26)19-11-10-14(25)12-21(19)24-23(27)29-13-20-17-8-4-2-6-15(17)16-7-3-5-9-18(16)20/h2-12,20,25H,13H2,1H3,(H,24,27). The number of amides is 1. The number of benzene rings is 3. The van der Waals surface area contributed by atoms with Crippen LogP contribution in [0.3, 0.4) is 0 Å². The molecule has 1 aliphatic rings. The van der Waals surface area contributed by atoms with Gasteiger partial charge in [0.05, 0.1) is 18.4 Å². The Kier molecular flexibility index (Phi) is 4.91. The van der Waals surface area contributed by atoms with Crippen molar-refractivity contribution in [3.63, 3.8) is 0 Å². The van der Waals surface area contributed by atoms with Crippen molar-refractivity contribution in [2.24, 2.45) is 0 Å². The summed E-state index contributed by atoms with van der Waals surface area (Å²) in [5.41, 5.74) is 4.73. The van der Waals surface area contributed by atoms with Crippen molar-refractivity contribution >= 4 is 17.7 Å². The predicted molar refractivity (Wildman–Crippen MR) is 108 cm³/mol. The number of esters is 1. The SMILES string of the molecule is COC(=O)c1ccc(O)cc1NC(=O)OCC1c2ccccc2-c2ccccc21. The molecule has 0 aromatic heterocycles. The quantitative estimate of drug-likeness (QED) is 0.640. The maximum Gasteiger partial charge on any atom is 0.411 e. The van der Waals surface area contributed by atoms with Crippen LogP contribution in [0.25, 0.3) is 11.1 Å². The van der Waals surface area contributed by atoms with Crippen LogP contribution >= 0.6 is 0 Å². The van der Waals surface area contributed by atoms with E-state index in [4.69, 9.17) is 9.47 Å². The monoisotopic (exact) mass is 389 g/mol. The minimum atomic E-state index is -0.720. The van der Waals surface area contributed by atoms with E-state index >= 15 is 0 Å². The molecular formula is C23H19NO5. The van der Waals surface area contributed by atoms with E-state index in [2.05, 4.69) is 17.4 Å². The average Bonchev–Trinajstić information content (AvgIpc) is 3.06. The molecule has 2 N–H and O–H groups in total. The Hall–Kier alpha value is -3.80. The van der Waals surface area contributed by atoms with Crippen LogP contribution in [-0.2, 0) is 9.47 Å². The molecule has 3 aromatic carbocycles. The highest BCUT2D eigenvalue weighted by atomic mass is 16.5. The minimum Gasteiger partial charge on any atom is -0.508 e. The molecule has 3 aromatic rings. The fraction of sp³-hybridized carbons (Fsp3) is 0.130. The molecule has 0 saturated heterocycles. The summed E-state index contributed by atoms with van der Waals surface area (Å²) in [6, 6.07) is 20.1. The molecule has 146 valence electrons. The second-order valence-corrected chi connectivity index (χ2v) is 6.67. The molecule has 0 radical (unpaired) electrons. The Morgan fingerprint density at radius 3 is 2.21 bits per heavy atom. The van der Waals surface area contributed by atoms with Crippen LogP contribution in [-0.4, -0.2) is 30.9 Å². The summed E-state index contributed by atoms with van der Waals surface area (Å²) in [7, 11) is 1.24. The molecule has 0 unspecified atom stereocenters. The molecule has 1 amide bonds. The largest absolute Gasteiger partial charge is 0.508 e. The minimum absolute atomic E-state index is 0.0718. The number of methoxy groups -OCH3 is 1. The molecule has 0 fully saturated rings. The Morgan fingerprint density at radius 2 is 1.59 bits per heavy atom. The van der Waals surface area contributed by atoms with Crippen molar-refractivity contribution in [1.29, 1.82) is 0 Å². The van der Waals surface area contributed by atoms with Crippen LogP contribution in [0, 0.1) is 0 Å². The Labute approximate surface area is 167 Å². The lowest BCUT2D eigenvalue weighted by atomic mass is 9.98. The van der Waals surface area contributed by atoms with Gasteiger partial charge in [-0.3, -0.25) is 5.32 Å². The summed E-state index contributed by atoms with van der Waals surface area (Å²) in [4.78, 5) is 24.3. The highest BCUT2D eigenvalue weighted by molar-refractivity contribution is 6.00. The van der Waals surface area contributed by atoms with E-state index in [1.165, 1.54) is 25.3 Å². The smallest absolute Gasteiger partial charge is 0.411 e. The van der Waals surface area contributed by atoms with Gasteiger partial charge < -0.3 is 14.6 Å². The number of aromatic hydroxyl groups is 1. The molecule has 0 saturated carbocycles. The molecule has 4 rings (SSSR count). The first-order valence-electron chi connectivity index (χ1n) is 9.12. The third-order valence-corrected chi connectivity index (χ3v) is 4.99. The second kappa shape index (κ2) is 7.67. The zero-order valence-electron chi connectivity index (χ0n) is 15.7. The summed E-state index contributed by atoms with van der Waals surface area (Å²) < 4.78 is 10.2. The van der Waals surface area contributed by atoms with Crippen molar-refractivity contribution in [1.82, 2.24) is 0 Å². The van der Waals surface area contributed by atoms with E-state index in [-0.39, 0.29) is 29.5 Å². The number of rotatable bonds is 4. The Bertz CT molecular complexity index is 1050. The normalized spacial score (nSPS) is 12.0. The van der Waals surface area contributed by atoms with Gasteiger partial charge in [-0.05, 0) is 34.4 Å². The van der Waals surface area contributed by atoms with Gasteiger partial charge in [0.2, 0.25) is 0 Å². The first-order chi connectivity index (χ1) is 14.1. The molecule has 0 aliphatic heterocycles. The first kappa shape index (κ1) is 18.6. The zero-order valence-corrected chi connectivity index (χ0v) is 15.7. The van der Waals surface area contributed by atoms with Gasteiger partial charge in [-0.25, -0.2) is 9.59 Å². The van der Waals surface area contributed by atoms with E-state index in [0.29, 0.717) is 0 Å². The van der Waals surface area contributed by atoms with Crippen molar-refractivity contribution in [2.75, 3.05) is 19.0 Å². The van der Waals surface area contributed by atoms with Gasteiger partial charge in [0, 0.05) is 12.0 Å². The number of hydrogen-bond donors (Lipinski definition) is 2. The van der Waals surface area contributed by atoms with Gasteiger partial charge in [0.1, 0.15) is 12.4 Å². The van der Waals surface area contributed by atoms with Crippen LogP contribution in [0.4, 0.5) is 10.5 Å². The number of anilines is 1. The van der Waals surface area contributed by atoms with Crippen molar-refractivity contribution in [3.05, 3.63) is 83.4 Å². The number of phenolic OH excluding ortho intramolecular Hbond substituents is 1. The predicted octanol–water partition coefficient (Wildman–Crippen LogP) is 4.54. The summed E-state index contributed by atoms with van der Waals surface area (Å²) in [5.74, 6) is -0.789. The van der Waals surface area contributed by atoms with E-state index in [9.17, 15) is 14.7 Å². The Balaban J connectivity index is 1.52. The molecule has 0 spiro atoms. The highest BCUT2D eigenvalue weighted by Gasteiger charge is 2.29. The molecule has 6 nitrogen and oxygen atoms in total. The van der Waals surface area contributed by atoms with E-state index in [1.807, 2.05) is 36.4 Å². The lowest BCUT2D eigenvalue weighted by Gasteiger charge is -2.15. The number of hydrogen-bond acceptors (Lipinski definition) is 5. The molecule has 29 heavy (non-hydrogen) atoms. The van der Waals surface area contributed by atoms with Crippen molar-refractivity contribution in [2.45, 2.75) is 5.92 Å². The van der Waals surface area contributed by atoms with Crippen LogP contribution in [0.15, 0.2) is 66.7 Å². The zero-order chi connectivity index (χ0) is 20.4. The number of ether oxygens (including phenoxy) is 2. The van der Waals surface area contributed by atoms with E-state index in [0.717, 1.165) is 22.3 Å². The summed E-state index contributed by atoms with van der Waals surface area (Å²) >= 11 is 0.